The van der Waals surface area contributed by atoms with Crippen molar-refractivity contribution in [2.45, 2.75) is 66.7 Å². The maximum absolute atomic E-state index is 5.51. The molecule has 0 radical (unpaired) electrons. The first-order chi connectivity index (χ1) is 9.99. The molecule has 0 saturated carbocycles. The molecule has 0 fully saturated rings. The van der Waals surface area contributed by atoms with Gasteiger partial charge in [0.05, 0.1) is 0 Å². The summed E-state index contributed by atoms with van der Waals surface area (Å²) in [6, 6.07) is 0. The van der Waals surface area contributed by atoms with Crippen LogP contribution < -0.4 is 5.73 Å². The molecule has 21 heavy (non-hydrogen) atoms. The second kappa shape index (κ2) is 12.6. The maximum atomic E-state index is 5.51. The van der Waals surface area contributed by atoms with Crippen LogP contribution in [-0.2, 0) is 0 Å². The standard InChI is InChI=1S/C20H35N/c1-6-9-19(4)16-20(5)13-8-11-17(2)10-7-12-18(3)14-15-21/h6,9-10,13-14,19H,7-8,11-12,15-16,21H2,1-5H3/b9-6+,17-10+,18-14+,20-13+. The summed E-state index contributed by atoms with van der Waals surface area (Å²) in [4.78, 5) is 0. The molecule has 0 rings (SSSR count). The number of nitrogens with two attached hydrogens (primary N) is 1. The molecular formula is C20H35N. The molecule has 0 amide bonds. The second-order valence-corrected chi connectivity index (χ2v) is 6.17. The van der Waals surface area contributed by atoms with Gasteiger partial charge >= 0.3 is 0 Å². The third-order valence-corrected chi connectivity index (χ3v) is 3.69. The van der Waals surface area contributed by atoms with Gasteiger partial charge in [-0.1, -0.05) is 54.0 Å². The number of hydrogen-bond acceptors (Lipinski definition) is 1. The average molecular weight is 290 g/mol. The Bertz CT molecular complexity index is 383. The van der Waals surface area contributed by atoms with E-state index >= 15 is 0 Å². The maximum Gasteiger partial charge on any atom is 0.0109 e. The molecule has 0 aromatic carbocycles. The summed E-state index contributed by atoms with van der Waals surface area (Å²) in [5.74, 6) is 0.653. The van der Waals surface area contributed by atoms with Crippen LogP contribution in [-0.4, -0.2) is 6.54 Å². The van der Waals surface area contributed by atoms with Gasteiger partial charge in [0.1, 0.15) is 0 Å². The van der Waals surface area contributed by atoms with Crippen molar-refractivity contribution < 1.29 is 0 Å². The fourth-order valence-corrected chi connectivity index (χ4v) is 2.49. The minimum atomic E-state index is 0.653. The van der Waals surface area contributed by atoms with Gasteiger partial charge in [-0.05, 0) is 65.7 Å². The van der Waals surface area contributed by atoms with E-state index in [1.807, 2.05) is 0 Å². The Hall–Kier alpha value is -1.08. The van der Waals surface area contributed by atoms with Gasteiger partial charge in [-0.25, -0.2) is 0 Å². The van der Waals surface area contributed by atoms with Gasteiger partial charge in [0, 0.05) is 6.54 Å². The van der Waals surface area contributed by atoms with Crippen LogP contribution in [0.1, 0.15) is 66.7 Å². The fourth-order valence-electron chi connectivity index (χ4n) is 2.49. The molecule has 1 heteroatoms. The summed E-state index contributed by atoms with van der Waals surface area (Å²) in [7, 11) is 0. The van der Waals surface area contributed by atoms with Crippen molar-refractivity contribution in [3.8, 4) is 0 Å². The molecule has 1 nitrogen and oxygen atoms in total. The zero-order chi connectivity index (χ0) is 16.1. The Morgan fingerprint density at radius 3 is 1.95 bits per heavy atom. The quantitative estimate of drug-likeness (QED) is 0.494. The molecular weight excluding hydrogens is 254 g/mol. The summed E-state index contributed by atoms with van der Waals surface area (Å²) in [6.07, 6.45) is 17.1. The molecule has 120 valence electrons. The first kappa shape index (κ1) is 19.9. The lowest BCUT2D eigenvalue weighted by atomic mass is 10.00. The van der Waals surface area contributed by atoms with E-state index in [1.165, 1.54) is 29.6 Å². The molecule has 2 N–H and O–H groups in total. The van der Waals surface area contributed by atoms with Crippen molar-refractivity contribution in [3.63, 3.8) is 0 Å². The van der Waals surface area contributed by atoms with Crippen LogP contribution in [0.3, 0.4) is 0 Å². The molecule has 0 aromatic heterocycles. The van der Waals surface area contributed by atoms with Gasteiger partial charge in [-0.15, -0.1) is 0 Å². The van der Waals surface area contributed by atoms with E-state index in [1.54, 1.807) is 0 Å². The monoisotopic (exact) mass is 289 g/mol. The van der Waals surface area contributed by atoms with Gasteiger partial charge in [-0.2, -0.15) is 0 Å². The van der Waals surface area contributed by atoms with E-state index < -0.39 is 0 Å². The Balaban J connectivity index is 4.01. The first-order valence-electron chi connectivity index (χ1n) is 8.29. The summed E-state index contributed by atoms with van der Waals surface area (Å²) in [5.41, 5.74) is 9.91. The Kier molecular flexibility index (Phi) is 12.0. The predicted octanol–water partition coefficient (Wildman–Crippen LogP) is 5.95. The third kappa shape index (κ3) is 12.4. The van der Waals surface area contributed by atoms with Gasteiger partial charge in [0.2, 0.25) is 0 Å². The zero-order valence-electron chi connectivity index (χ0n) is 14.8. The van der Waals surface area contributed by atoms with Crippen molar-refractivity contribution in [1.82, 2.24) is 0 Å². The van der Waals surface area contributed by atoms with Crippen molar-refractivity contribution >= 4 is 0 Å². The highest BCUT2D eigenvalue weighted by molar-refractivity contribution is 5.07. The lowest BCUT2D eigenvalue weighted by Gasteiger charge is -2.06. The van der Waals surface area contributed by atoms with Crippen molar-refractivity contribution in [1.29, 1.82) is 0 Å². The molecule has 1 atom stereocenters. The molecule has 0 aliphatic heterocycles. The number of rotatable bonds is 10. The number of allylic oxidation sites excluding steroid dienone is 7. The lowest BCUT2D eigenvalue weighted by Crippen LogP contribution is -1.94. The molecule has 1 unspecified atom stereocenters. The summed E-state index contributed by atoms with van der Waals surface area (Å²) in [5, 5.41) is 0. The van der Waals surface area contributed by atoms with E-state index in [2.05, 4.69) is 65.0 Å². The van der Waals surface area contributed by atoms with Gasteiger partial charge in [0.25, 0.3) is 0 Å². The van der Waals surface area contributed by atoms with Crippen LogP contribution >= 0.6 is 0 Å². The summed E-state index contributed by atoms with van der Waals surface area (Å²) in [6.45, 7) is 11.7. The van der Waals surface area contributed by atoms with Crippen LogP contribution in [0.15, 0.2) is 47.1 Å². The van der Waals surface area contributed by atoms with Crippen LogP contribution in [0.25, 0.3) is 0 Å². The minimum absolute atomic E-state index is 0.653. The van der Waals surface area contributed by atoms with Crippen LogP contribution in [0, 0.1) is 5.92 Å². The fraction of sp³-hybridized carbons (Fsp3) is 0.600. The summed E-state index contributed by atoms with van der Waals surface area (Å²) >= 11 is 0. The topological polar surface area (TPSA) is 26.0 Å². The zero-order valence-corrected chi connectivity index (χ0v) is 14.8. The molecule has 0 saturated heterocycles. The van der Waals surface area contributed by atoms with Gasteiger partial charge in [-0.3, -0.25) is 0 Å². The van der Waals surface area contributed by atoms with Crippen LogP contribution in [0.2, 0.25) is 0 Å². The molecule has 0 aromatic rings. The molecule has 0 heterocycles. The smallest absolute Gasteiger partial charge is 0.0109 e. The van der Waals surface area contributed by atoms with Crippen LogP contribution in [0.4, 0.5) is 0 Å². The number of hydrogen-bond donors (Lipinski definition) is 1. The normalized spacial score (nSPS) is 15.8. The van der Waals surface area contributed by atoms with E-state index in [0.717, 1.165) is 19.3 Å². The van der Waals surface area contributed by atoms with E-state index in [-0.39, 0.29) is 0 Å². The van der Waals surface area contributed by atoms with Crippen molar-refractivity contribution in [2.24, 2.45) is 11.7 Å². The highest BCUT2D eigenvalue weighted by atomic mass is 14.5. The minimum Gasteiger partial charge on any atom is -0.327 e. The van der Waals surface area contributed by atoms with Gasteiger partial charge < -0.3 is 5.73 Å². The highest BCUT2D eigenvalue weighted by Crippen LogP contribution is 2.15. The van der Waals surface area contributed by atoms with E-state index in [9.17, 15) is 0 Å². The summed E-state index contributed by atoms with van der Waals surface area (Å²) < 4.78 is 0. The Morgan fingerprint density at radius 2 is 1.43 bits per heavy atom. The lowest BCUT2D eigenvalue weighted by molar-refractivity contribution is 0.711. The van der Waals surface area contributed by atoms with E-state index in [4.69, 9.17) is 5.73 Å². The SMILES string of the molecule is C/C=C/C(C)C/C(C)=C/CC/C(C)=C/CC/C(C)=C/CN. The van der Waals surface area contributed by atoms with Crippen molar-refractivity contribution in [2.75, 3.05) is 6.54 Å². The van der Waals surface area contributed by atoms with Crippen molar-refractivity contribution in [3.05, 3.63) is 47.1 Å². The van der Waals surface area contributed by atoms with Gasteiger partial charge in [0.15, 0.2) is 0 Å². The first-order valence-corrected chi connectivity index (χ1v) is 8.29. The van der Waals surface area contributed by atoms with Crippen LogP contribution in [0.5, 0.6) is 0 Å². The third-order valence-electron chi connectivity index (χ3n) is 3.69. The van der Waals surface area contributed by atoms with E-state index in [0.29, 0.717) is 12.5 Å². The predicted molar refractivity (Wildman–Crippen MR) is 97.4 cm³/mol. The molecule has 0 spiro atoms. The second-order valence-electron chi connectivity index (χ2n) is 6.17. The molecule has 0 aliphatic rings. The highest BCUT2D eigenvalue weighted by Gasteiger charge is 1.98. The Morgan fingerprint density at radius 1 is 0.905 bits per heavy atom. The molecule has 0 bridgehead atoms. The average Bonchev–Trinajstić information content (AvgIpc) is 2.39. The largest absolute Gasteiger partial charge is 0.327 e. The Labute approximate surface area is 132 Å². The molecule has 0 aliphatic carbocycles.